The Bertz CT molecular complexity index is 1050. The van der Waals surface area contributed by atoms with Crippen LogP contribution in [0.15, 0.2) is 53.9 Å². The summed E-state index contributed by atoms with van der Waals surface area (Å²) in [6.07, 6.45) is 0.805. The van der Waals surface area contributed by atoms with Gasteiger partial charge >= 0.3 is 0 Å². The van der Waals surface area contributed by atoms with E-state index in [1.165, 1.54) is 17.4 Å². The van der Waals surface area contributed by atoms with Gasteiger partial charge in [0.2, 0.25) is 0 Å². The molecular weight excluding hydrogens is 415 g/mol. The maximum Gasteiger partial charge on any atom is 0.261 e. The molecule has 1 N–H and O–H groups in total. The summed E-state index contributed by atoms with van der Waals surface area (Å²) in [5.74, 6) is 1.00. The molecule has 3 aromatic rings. The smallest absolute Gasteiger partial charge is 0.261 e. The molecule has 1 aliphatic rings. The van der Waals surface area contributed by atoms with Gasteiger partial charge in [0.15, 0.2) is 11.5 Å². The van der Waals surface area contributed by atoms with Gasteiger partial charge in [0.25, 0.3) is 5.91 Å². The Balaban J connectivity index is 1.65. The van der Waals surface area contributed by atoms with Crippen LogP contribution in [0.3, 0.4) is 0 Å². The van der Waals surface area contributed by atoms with Crippen molar-refractivity contribution in [2.45, 2.75) is 19.0 Å². The third-order valence-electron chi connectivity index (χ3n) is 5.65. The zero-order chi connectivity index (χ0) is 21.8. The van der Waals surface area contributed by atoms with E-state index in [-0.39, 0.29) is 17.8 Å². The van der Waals surface area contributed by atoms with Crippen LogP contribution in [-0.2, 0) is 13.0 Å². The zero-order valence-corrected chi connectivity index (χ0v) is 18.4. The first-order valence-electron chi connectivity index (χ1n) is 10.1. The van der Waals surface area contributed by atoms with Gasteiger partial charge < -0.3 is 14.8 Å². The van der Waals surface area contributed by atoms with E-state index in [2.05, 4.69) is 10.2 Å². The van der Waals surface area contributed by atoms with Crippen LogP contribution in [-0.4, -0.2) is 38.1 Å². The van der Waals surface area contributed by atoms with Crippen molar-refractivity contribution in [3.63, 3.8) is 0 Å². The van der Waals surface area contributed by atoms with Gasteiger partial charge in [-0.2, -0.15) is 0 Å². The van der Waals surface area contributed by atoms with Gasteiger partial charge in [0.05, 0.1) is 25.1 Å². The first-order valence-corrected chi connectivity index (χ1v) is 11.0. The Kier molecular flexibility index (Phi) is 6.53. The minimum Gasteiger partial charge on any atom is -0.493 e. The van der Waals surface area contributed by atoms with Crippen LogP contribution in [0.5, 0.6) is 11.5 Å². The number of thiophene rings is 1. The van der Waals surface area contributed by atoms with E-state index in [9.17, 15) is 9.18 Å². The van der Waals surface area contributed by atoms with Crippen LogP contribution in [0.1, 0.15) is 32.4 Å². The van der Waals surface area contributed by atoms with Crippen molar-refractivity contribution in [1.82, 2.24) is 10.2 Å². The molecule has 0 radical (unpaired) electrons. The van der Waals surface area contributed by atoms with Crippen molar-refractivity contribution in [1.29, 1.82) is 0 Å². The molecule has 0 aliphatic carbocycles. The van der Waals surface area contributed by atoms with E-state index < -0.39 is 0 Å². The summed E-state index contributed by atoms with van der Waals surface area (Å²) < 4.78 is 25.3. The number of benzene rings is 2. The molecule has 0 fully saturated rings. The second kappa shape index (κ2) is 9.49. The van der Waals surface area contributed by atoms with Gasteiger partial charge in [-0.25, -0.2) is 4.39 Å². The number of rotatable bonds is 7. The molecule has 0 unspecified atom stereocenters. The maximum atomic E-state index is 14.4. The summed E-state index contributed by atoms with van der Waals surface area (Å²) in [5.41, 5.74) is 2.85. The molecule has 162 valence electrons. The largest absolute Gasteiger partial charge is 0.493 e. The lowest BCUT2D eigenvalue weighted by atomic mass is 9.91. The molecule has 0 saturated carbocycles. The summed E-state index contributed by atoms with van der Waals surface area (Å²) in [7, 11) is 3.23. The number of ether oxygens (including phenoxy) is 2. The van der Waals surface area contributed by atoms with E-state index in [1.807, 2.05) is 29.6 Å². The molecule has 1 atom stereocenters. The minimum atomic E-state index is -0.220. The molecule has 0 saturated heterocycles. The van der Waals surface area contributed by atoms with Gasteiger partial charge in [0, 0.05) is 25.2 Å². The van der Waals surface area contributed by atoms with E-state index >= 15 is 0 Å². The first kappa shape index (κ1) is 21.3. The van der Waals surface area contributed by atoms with Crippen molar-refractivity contribution in [3.8, 4) is 11.5 Å². The number of carbonyl (C=O) groups excluding carboxylic acids is 1. The van der Waals surface area contributed by atoms with Gasteiger partial charge in [-0.1, -0.05) is 24.3 Å². The minimum absolute atomic E-state index is 0.103. The van der Waals surface area contributed by atoms with Crippen LogP contribution in [0.4, 0.5) is 4.39 Å². The summed E-state index contributed by atoms with van der Waals surface area (Å²) in [6, 6.07) is 14.4. The fourth-order valence-electron chi connectivity index (χ4n) is 4.04. The molecular formula is C24H25FN2O3S. The average molecular weight is 441 g/mol. The lowest BCUT2D eigenvalue weighted by Gasteiger charge is -2.38. The summed E-state index contributed by atoms with van der Waals surface area (Å²) in [6.45, 7) is 1.62. The van der Waals surface area contributed by atoms with Crippen LogP contribution >= 0.6 is 11.3 Å². The van der Waals surface area contributed by atoms with Crippen molar-refractivity contribution >= 4 is 17.2 Å². The van der Waals surface area contributed by atoms with Crippen LogP contribution in [0.2, 0.25) is 0 Å². The quantitative estimate of drug-likeness (QED) is 0.590. The Morgan fingerprint density at radius 1 is 1.16 bits per heavy atom. The van der Waals surface area contributed by atoms with Crippen molar-refractivity contribution in [3.05, 3.63) is 81.3 Å². The topological polar surface area (TPSA) is 50.8 Å². The number of nitrogens with zero attached hydrogens (tertiary/aromatic N) is 1. The second-order valence-corrected chi connectivity index (χ2v) is 8.37. The Hall–Kier alpha value is -2.90. The molecule has 1 amide bonds. The maximum absolute atomic E-state index is 14.4. The molecule has 2 aromatic carbocycles. The Morgan fingerprint density at radius 3 is 2.65 bits per heavy atom. The number of carbonyl (C=O) groups is 1. The van der Waals surface area contributed by atoms with Gasteiger partial charge in [-0.3, -0.25) is 9.69 Å². The third-order valence-corrected chi connectivity index (χ3v) is 6.51. The van der Waals surface area contributed by atoms with Crippen LogP contribution in [0, 0.1) is 5.82 Å². The number of methoxy groups -OCH3 is 2. The number of amides is 1. The molecule has 2 heterocycles. The SMILES string of the molecule is COc1cc2c(cc1OC)[C@@H](CNC(=O)c1cccs1)N(Cc1ccccc1F)CC2. The molecule has 5 nitrogen and oxygen atoms in total. The molecule has 0 bridgehead atoms. The number of nitrogens with one attached hydrogen (secondary N) is 1. The predicted octanol–water partition coefficient (Wildman–Crippen LogP) is 4.43. The molecule has 4 rings (SSSR count). The first-order chi connectivity index (χ1) is 15.1. The molecule has 1 aromatic heterocycles. The monoisotopic (exact) mass is 440 g/mol. The molecule has 7 heteroatoms. The number of fused-ring (bicyclic) bond motifs is 1. The highest BCUT2D eigenvalue weighted by atomic mass is 32.1. The van der Waals surface area contributed by atoms with E-state index in [0.29, 0.717) is 35.0 Å². The fourth-order valence-corrected chi connectivity index (χ4v) is 4.68. The fraction of sp³-hybridized carbons (Fsp3) is 0.292. The van der Waals surface area contributed by atoms with Crippen molar-refractivity contribution in [2.24, 2.45) is 0 Å². The molecule has 31 heavy (non-hydrogen) atoms. The molecule has 0 spiro atoms. The lowest BCUT2D eigenvalue weighted by Crippen LogP contribution is -2.41. The third kappa shape index (κ3) is 4.57. The number of hydrogen-bond acceptors (Lipinski definition) is 5. The summed E-state index contributed by atoms with van der Waals surface area (Å²) >= 11 is 1.41. The van der Waals surface area contributed by atoms with Crippen molar-refractivity contribution in [2.75, 3.05) is 27.3 Å². The van der Waals surface area contributed by atoms with Crippen molar-refractivity contribution < 1.29 is 18.7 Å². The van der Waals surface area contributed by atoms with Gasteiger partial charge in [0.1, 0.15) is 5.82 Å². The summed E-state index contributed by atoms with van der Waals surface area (Å²) in [4.78, 5) is 15.5. The molecule has 1 aliphatic heterocycles. The normalized spacial score (nSPS) is 15.9. The highest BCUT2D eigenvalue weighted by molar-refractivity contribution is 7.12. The number of halogens is 1. The van der Waals surface area contributed by atoms with Gasteiger partial charge in [-0.05, 0) is 47.2 Å². The number of hydrogen-bond donors (Lipinski definition) is 1. The highest BCUT2D eigenvalue weighted by Crippen LogP contribution is 2.38. The lowest BCUT2D eigenvalue weighted by molar-refractivity contribution is 0.0929. The predicted molar refractivity (Wildman–Crippen MR) is 119 cm³/mol. The van der Waals surface area contributed by atoms with E-state index in [1.54, 1.807) is 32.4 Å². The van der Waals surface area contributed by atoms with E-state index in [0.717, 1.165) is 24.1 Å². The van der Waals surface area contributed by atoms with E-state index in [4.69, 9.17) is 9.47 Å². The van der Waals surface area contributed by atoms with Crippen LogP contribution in [0.25, 0.3) is 0 Å². The highest BCUT2D eigenvalue weighted by Gasteiger charge is 2.30. The second-order valence-electron chi connectivity index (χ2n) is 7.42. The average Bonchev–Trinajstić information content (AvgIpc) is 3.33. The van der Waals surface area contributed by atoms with Gasteiger partial charge in [-0.15, -0.1) is 11.3 Å². The summed E-state index contributed by atoms with van der Waals surface area (Å²) in [5, 5.41) is 4.94. The zero-order valence-electron chi connectivity index (χ0n) is 17.6. The standard InChI is InChI=1S/C24H25FN2O3S/c1-29-21-12-16-9-10-27(15-17-6-3-4-7-19(17)25)20(18(16)13-22(21)30-2)14-26-24(28)23-8-5-11-31-23/h3-8,11-13,20H,9-10,14-15H2,1-2H3,(H,26,28)/t20-/m1/s1. The Morgan fingerprint density at radius 2 is 1.94 bits per heavy atom. The Labute approximate surface area is 185 Å². The van der Waals surface area contributed by atoms with Crippen LogP contribution < -0.4 is 14.8 Å².